The van der Waals surface area contributed by atoms with Crippen LogP contribution in [-0.4, -0.2) is 40.6 Å². The van der Waals surface area contributed by atoms with E-state index in [9.17, 15) is 9.59 Å². The van der Waals surface area contributed by atoms with Gasteiger partial charge in [-0.1, -0.05) is 6.07 Å². The number of carbonyl (C=O) groups is 2. The summed E-state index contributed by atoms with van der Waals surface area (Å²) in [4.78, 5) is 28.1. The minimum absolute atomic E-state index is 0.192. The normalized spacial score (nSPS) is 10.6. The summed E-state index contributed by atoms with van der Waals surface area (Å²) in [5.41, 5.74) is 4.06. The van der Waals surface area contributed by atoms with Crippen LogP contribution in [0.5, 0.6) is 0 Å². The van der Waals surface area contributed by atoms with E-state index in [2.05, 4.69) is 20.7 Å². The molecule has 0 saturated carbocycles. The minimum atomic E-state index is -0.415. The zero-order chi connectivity index (χ0) is 18.8. The van der Waals surface area contributed by atoms with Crippen molar-refractivity contribution >= 4 is 28.9 Å². The molecule has 8 nitrogen and oxygen atoms in total. The highest BCUT2D eigenvalue weighted by molar-refractivity contribution is 5.99. The number of nitrogens with one attached hydrogen (secondary N) is 2. The van der Waals surface area contributed by atoms with Crippen LogP contribution >= 0.6 is 0 Å². The monoisotopic (exact) mass is 353 g/mol. The summed E-state index contributed by atoms with van der Waals surface area (Å²) in [6.07, 6.45) is 3.07. The first-order chi connectivity index (χ1) is 12.5. The molecule has 1 aromatic carbocycles. The van der Waals surface area contributed by atoms with Crippen molar-refractivity contribution in [3.63, 3.8) is 0 Å². The third-order valence-corrected chi connectivity index (χ3v) is 4.21. The Labute approximate surface area is 150 Å². The summed E-state index contributed by atoms with van der Waals surface area (Å²) in [6.45, 7) is 3.76. The molecule has 3 rings (SSSR count). The lowest BCUT2D eigenvalue weighted by atomic mass is 10.1. The molecular weight excluding hydrogens is 334 g/mol. The van der Waals surface area contributed by atoms with Crippen molar-refractivity contribution in [2.75, 3.05) is 19.5 Å². The van der Waals surface area contributed by atoms with Crippen LogP contribution in [0, 0.1) is 13.8 Å². The topological polar surface area (TPSA) is 97.6 Å². The maximum Gasteiger partial charge on any atom is 0.337 e. The van der Waals surface area contributed by atoms with Crippen LogP contribution < -0.4 is 10.6 Å². The fraction of sp³-hybridized carbons (Fsp3) is 0.222. The number of hydrogen-bond acceptors (Lipinski definition) is 6. The van der Waals surface area contributed by atoms with E-state index in [4.69, 9.17) is 4.74 Å². The summed E-state index contributed by atoms with van der Waals surface area (Å²) >= 11 is 0. The summed E-state index contributed by atoms with van der Waals surface area (Å²) < 4.78 is 6.38. The van der Waals surface area contributed by atoms with Crippen molar-refractivity contribution in [3.05, 3.63) is 53.0 Å². The number of hydrogen-bond donors (Lipinski definition) is 2. The predicted molar refractivity (Wildman–Crippen MR) is 96.9 cm³/mol. The summed E-state index contributed by atoms with van der Waals surface area (Å²) in [5.74, 6) is -0.0674. The maximum absolute atomic E-state index is 12.0. The first-order valence-electron chi connectivity index (χ1n) is 7.97. The van der Waals surface area contributed by atoms with Gasteiger partial charge in [-0.15, -0.1) is 0 Å². The Morgan fingerprint density at radius 3 is 2.69 bits per heavy atom. The van der Waals surface area contributed by atoms with E-state index in [-0.39, 0.29) is 5.91 Å². The molecule has 0 atom stereocenters. The van der Waals surface area contributed by atoms with Crippen LogP contribution in [0.25, 0.3) is 5.52 Å². The molecule has 0 unspecified atom stereocenters. The number of ether oxygens (including phenoxy) is 1. The summed E-state index contributed by atoms with van der Waals surface area (Å²) in [5, 5.41) is 10.0. The number of esters is 1. The van der Waals surface area contributed by atoms with E-state index < -0.39 is 5.97 Å². The van der Waals surface area contributed by atoms with Gasteiger partial charge in [0.15, 0.2) is 5.82 Å². The van der Waals surface area contributed by atoms with E-state index >= 15 is 0 Å². The Kier molecular flexibility index (Phi) is 4.57. The molecule has 0 saturated heterocycles. The van der Waals surface area contributed by atoms with Crippen LogP contribution in [0.3, 0.4) is 0 Å². The molecule has 26 heavy (non-hydrogen) atoms. The molecule has 3 aromatic rings. The number of rotatable bonds is 4. The number of aromatic nitrogens is 3. The quantitative estimate of drug-likeness (QED) is 0.698. The van der Waals surface area contributed by atoms with Crippen molar-refractivity contribution in [1.82, 2.24) is 19.9 Å². The summed E-state index contributed by atoms with van der Waals surface area (Å²) in [6, 6.07) is 5.24. The Morgan fingerprint density at radius 2 is 2.00 bits per heavy atom. The molecule has 0 aliphatic heterocycles. The van der Waals surface area contributed by atoms with Gasteiger partial charge in [0.2, 0.25) is 0 Å². The number of aryl methyl sites for hydroxylation is 2. The van der Waals surface area contributed by atoms with Gasteiger partial charge in [0.05, 0.1) is 18.2 Å². The molecule has 2 heterocycles. The van der Waals surface area contributed by atoms with E-state index in [0.717, 1.165) is 16.8 Å². The highest BCUT2D eigenvalue weighted by atomic mass is 16.5. The second-order valence-corrected chi connectivity index (χ2v) is 5.80. The number of methoxy groups -OCH3 is 1. The van der Waals surface area contributed by atoms with E-state index in [1.165, 1.54) is 13.4 Å². The predicted octanol–water partition coefficient (Wildman–Crippen LogP) is 2.24. The molecule has 0 bridgehead atoms. The second-order valence-electron chi connectivity index (χ2n) is 5.80. The first kappa shape index (κ1) is 17.4. The van der Waals surface area contributed by atoms with Gasteiger partial charge in [0, 0.05) is 18.9 Å². The van der Waals surface area contributed by atoms with Crippen LogP contribution in [0.1, 0.15) is 31.8 Å². The number of carbonyl (C=O) groups excluding carboxylic acids is 2. The van der Waals surface area contributed by atoms with Gasteiger partial charge in [-0.25, -0.2) is 14.3 Å². The lowest BCUT2D eigenvalue weighted by molar-refractivity contribution is 0.0600. The molecule has 0 fully saturated rings. The van der Waals surface area contributed by atoms with Crippen molar-refractivity contribution in [3.8, 4) is 0 Å². The molecule has 8 heteroatoms. The number of amides is 1. The van der Waals surface area contributed by atoms with Crippen molar-refractivity contribution in [2.24, 2.45) is 0 Å². The van der Waals surface area contributed by atoms with Gasteiger partial charge in [-0.2, -0.15) is 5.10 Å². The zero-order valence-corrected chi connectivity index (χ0v) is 15.0. The Balaban J connectivity index is 2.08. The Bertz CT molecular complexity index is 1010. The fourth-order valence-corrected chi connectivity index (χ4v) is 2.74. The third kappa shape index (κ3) is 2.97. The first-order valence-corrected chi connectivity index (χ1v) is 7.97. The molecular formula is C18H19N5O3. The average molecular weight is 353 g/mol. The SMILES string of the molecule is CNC(=O)c1cn2ncnc(Nc3cc(C(=O)OC)ccc3C)c2c1C. The third-order valence-electron chi connectivity index (χ3n) is 4.21. The number of anilines is 2. The molecule has 134 valence electrons. The van der Waals surface area contributed by atoms with Crippen LogP contribution in [0.4, 0.5) is 11.5 Å². The maximum atomic E-state index is 12.0. The Hall–Kier alpha value is -3.42. The fourth-order valence-electron chi connectivity index (χ4n) is 2.74. The van der Waals surface area contributed by atoms with Gasteiger partial charge in [-0.3, -0.25) is 4.79 Å². The highest BCUT2D eigenvalue weighted by Gasteiger charge is 2.18. The molecule has 0 aliphatic rings. The van der Waals surface area contributed by atoms with Crippen molar-refractivity contribution < 1.29 is 14.3 Å². The van der Waals surface area contributed by atoms with Gasteiger partial charge in [0.25, 0.3) is 5.91 Å². The molecule has 2 aromatic heterocycles. The van der Waals surface area contributed by atoms with E-state index in [1.54, 1.807) is 29.9 Å². The lowest BCUT2D eigenvalue weighted by Gasteiger charge is -2.11. The molecule has 0 spiro atoms. The number of nitrogens with zero attached hydrogens (tertiary/aromatic N) is 3. The van der Waals surface area contributed by atoms with Crippen LogP contribution in [-0.2, 0) is 4.74 Å². The van der Waals surface area contributed by atoms with Crippen LogP contribution in [0.2, 0.25) is 0 Å². The zero-order valence-electron chi connectivity index (χ0n) is 15.0. The largest absolute Gasteiger partial charge is 0.465 e. The average Bonchev–Trinajstić information content (AvgIpc) is 3.00. The smallest absolute Gasteiger partial charge is 0.337 e. The van der Waals surface area contributed by atoms with Gasteiger partial charge >= 0.3 is 5.97 Å². The summed E-state index contributed by atoms with van der Waals surface area (Å²) in [7, 11) is 2.92. The lowest BCUT2D eigenvalue weighted by Crippen LogP contribution is -2.17. The molecule has 0 radical (unpaired) electrons. The molecule has 1 amide bonds. The van der Waals surface area contributed by atoms with Crippen molar-refractivity contribution in [1.29, 1.82) is 0 Å². The second kappa shape index (κ2) is 6.83. The number of benzene rings is 1. The van der Waals surface area contributed by atoms with Gasteiger partial charge in [0.1, 0.15) is 11.8 Å². The standard InChI is InChI=1S/C18H19N5O3/c1-10-5-6-12(18(25)26-4)7-14(10)22-16-15-11(2)13(17(24)19-3)8-23(15)21-9-20-16/h5-9H,1-4H3,(H,19,24)(H,20,21,22). The highest BCUT2D eigenvalue weighted by Crippen LogP contribution is 2.27. The minimum Gasteiger partial charge on any atom is -0.465 e. The van der Waals surface area contributed by atoms with Crippen LogP contribution in [0.15, 0.2) is 30.7 Å². The van der Waals surface area contributed by atoms with E-state index in [0.29, 0.717) is 22.5 Å². The Morgan fingerprint density at radius 1 is 1.23 bits per heavy atom. The van der Waals surface area contributed by atoms with Crippen molar-refractivity contribution in [2.45, 2.75) is 13.8 Å². The van der Waals surface area contributed by atoms with Gasteiger partial charge < -0.3 is 15.4 Å². The van der Waals surface area contributed by atoms with E-state index in [1.807, 2.05) is 19.9 Å². The number of fused-ring (bicyclic) bond motifs is 1. The molecule has 0 aliphatic carbocycles. The van der Waals surface area contributed by atoms with Gasteiger partial charge in [-0.05, 0) is 37.1 Å². The molecule has 2 N–H and O–H groups in total.